The van der Waals surface area contributed by atoms with Gasteiger partial charge in [-0.25, -0.2) is 0 Å². The first kappa shape index (κ1) is 19.1. The molecular formula is C22H22N2O5. The number of amides is 1. The van der Waals surface area contributed by atoms with Crippen LogP contribution in [0.3, 0.4) is 0 Å². The van der Waals surface area contributed by atoms with E-state index in [1.54, 1.807) is 30.3 Å². The molecule has 1 saturated heterocycles. The first-order valence-corrected chi connectivity index (χ1v) is 9.69. The fourth-order valence-corrected chi connectivity index (χ4v) is 4.82. The van der Waals surface area contributed by atoms with Crippen molar-refractivity contribution in [1.29, 1.82) is 0 Å². The number of methoxy groups -OCH3 is 1. The van der Waals surface area contributed by atoms with Crippen LogP contribution in [-0.2, 0) is 20.7 Å². The molecule has 0 unspecified atom stereocenters. The second-order valence-electron chi connectivity index (χ2n) is 7.49. The van der Waals surface area contributed by atoms with E-state index in [2.05, 4.69) is 0 Å². The maximum absolute atomic E-state index is 13.5. The van der Waals surface area contributed by atoms with Gasteiger partial charge < -0.3 is 9.64 Å². The topological polar surface area (TPSA) is 89.8 Å². The number of hydrogen-bond donors (Lipinski definition) is 0. The van der Waals surface area contributed by atoms with Crippen LogP contribution in [0, 0.1) is 16.0 Å². The van der Waals surface area contributed by atoms with Crippen LogP contribution in [0.25, 0.3) is 0 Å². The monoisotopic (exact) mass is 394 g/mol. The van der Waals surface area contributed by atoms with E-state index in [4.69, 9.17) is 4.74 Å². The average Bonchev–Trinajstić information content (AvgIpc) is 2.93. The fourth-order valence-electron chi connectivity index (χ4n) is 4.82. The summed E-state index contributed by atoms with van der Waals surface area (Å²) in [6, 6.07) is 14.5. The third kappa shape index (κ3) is 3.16. The van der Waals surface area contributed by atoms with Crippen LogP contribution >= 0.6 is 0 Å². The molecule has 0 radical (unpaired) electrons. The van der Waals surface area contributed by atoms with E-state index in [-0.39, 0.29) is 4.92 Å². The first-order valence-electron chi connectivity index (χ1n) is 9.69. The van der Waals surface area contributed by atoms with Gasteiger partial charge in [0.05, 0.1) is 13.0 Å². The molecule has 150 valence electrons. The maximum Gasteiger partial charge on any atom is 0.319 e. The Balaban J connectivity index is 1.94. The number of esters is 1. The van der Waals surface area contributed by atoms with Crippen LogP contribution in [-0.4, -0.2) is 41.4 Å². The molecule has 4 atom stereocenters. The van der Waals surface area contributed by atoms with Crippen LogP contribution in [0.4, 0.5) is 0 Å². The number of carbonyl (C=O) groups is 2. The van der Waals surface area contributed by atoms with Crippen LogP contribution in [0.15, 0.2) is 54.6 Å². The van der Waals surface area contributed by atoms with Gasteiger partial charge in [-0.05, 0) is 29.5 Å². The van der Waals surface area contributed by atoms with Crippen molar-refractivity contribution in [2.24, 2.45) is 5.92 Å². The van der Waals surface area contributed by atoms with Gasteiger partial charge in [0, 0.05) is 11.5 Å². The minimum absolute atomic E-state index is 0.334. The molecular weight excluding hydrogens is 372 g/mol. The third-order valence-electron chi connectivity index (χ3n) is 6.04. The summed E-state index contributed by atoms with van der Waals surface area (Å²) in [5.74, 6) is -3.27. The summed E-state index contributed by atoms with van der Waals surface area (Å²) in [6.07, 6.45) is 1.42. The summed E-state index contributed by atoms with van der Waals surface area (Å²) >= 11 is 0. The number of aryl methyl sites for hydroxylation is 1. The zero-order valence-corrected chi connectivity index (χ0v) is 16.1. The predicted octanol–water partition coefficient (Wildman–Crippen LogP) is 2.73. The zero-order chi connectivity index (χ0) is 20.5. The van der Waals surface area contributed by atoms with Crippen molar-refractivity contribution >= 4 is 11.9 Å². The lowest BCUT2D eigenvalue weighted by molar-refractivity contribution is -0.538. The normalized spacial score (nSPS) is 26.1. The van der Waals surface area contributed by atoms with Gasteiger partial charge >= 0.3 is 5.97 Å². The number of carbonyl (C=O) groups excluding carboxylic acids is 2. The molecule has 1 fully saturated rings. The number of nitrogens with zero attached hydrogens (tertiary/aromatic N) is 2. The molecule has 2 aliphatic heterocycles. The molecule has 7 nitrogen and oxygen atoms in total. The Bertz CT molecular complexity index is 945. The van der Waals surface area contributed by atoms with E-state index >= 15 is 0 Å². The number of hydrogen-bond acceptors (Lipinski definition) is 5. The van der Waals surface area contributed by atoms with E-state index in [1.807, 2.05) is 24.3 Å². The SMILES string of the molecule is COC(=O)[C@H]1C(=O)N2CCCc3ccccc3[C@@H]2[C@@H]([N+](=O)[O-])[C@@H]1c1ccccc1. The summed E-state index contributed by atoms with van der Waals surface area (Å²) in [4.78, 5) is 39.7. The van der Waals surface area contributed by atoms with Crippen molar-refractivity contribution in [3.63, 3.8) is 0 Å². The van der Waals surface area contributed by atoms with E-state index in [1.165, 1.54) is 12.0 Å². The number of benzene rings is 2. The van der Waals surface area contributed by atoms with Crippen molar-refractivity contribution in [2.75, 3.05) is 13.7 Å². The Hall–Kier alpha value is -3.22. The van der Waals surface area contributed by atoms with Crippen molar-refractivity contribution < 1.29 is 19.2 Å². The van der Waals surface area contributed by atoms with E-state index < -0.39 is 35.8 Å². The lowest BCUT2D eigenvalue weighted by Crippen LogP contribution is -2.58. The molecule has 0 aliphatic carbocycles. The van der Waals surface area contributed by atoms with E-state index in [0.29, 0.717) is 18.5 Å². The number of piperidine rings is 1. The maximum atomic E-state index is 13.5. The highest BCUT2D eigenvalue weighted by Crippen LogP contribution is 2.47. The molecule has 2 aromatic carbocycles. The highest BCUT2D eigenvalue weighted by molar-refractivity contribution is 6.00. The molecule has 0 bridgehead atoms. The quantitative estimate of drug-likeness (QED) is 0.346. The molecule has 2 aromatic rings. The molecule has 2 aliphatic rings. The molecule has 29 heavy (non-hydrogen) atoms. The molecule has 0 spiro atoms. The Morgan fingerprint density at radius 2 is 1.83 bits per heavy atom. The van der Waals surface area contributed by atoms with Gasteiger partial charge in [-0.3, -0.25) is 19.7 Å². The lowest BCUT2D eigenvalue weighted by Gasteiger charge is -2.43. The largest absolute Gasteiger partial charge is 0.468 e. The minimum Gasteiger partial charge on any atom is -0.468 e. The Morgan fingerprint density at radius 1 is 1.14 bits per heavy atom. The summed E-state index contributed by atoms with van der Waals surface area (Å²) in [7, 11) is 1.21. The molecule has 4 rings (SSSR count). The van der Waals surface area contributed by atoms with Crippen molar-refractivity contribution in [2.45, 2.75) is 30.8 Å². The highest BCUT2D eigenvalue weighted by atomic mass is 16.6. The number of ether oxygens (including phenoxy) is 1. The Morgan fingerprint density at radius 3 is 2.52 bits per heavy atom. The van der Waals surface area contributed by atoms with Gasteiger partial charge in [-0.1, -0.05) is 54.6 Å². The van der Waals surface area contributed by atoms with Crippen molar-refractivity contribution in [3.05, 3.63) is 81.4 Å². The lowest BCUT2D eigenvalue weighted by atomic mass is 9.71. The Kier molecular flexibility index (Phi) is 5.05. The number of fused-ring (bicyclic) bond motifs is 3. The molecule has 0 saturated carbocycles. The second-order valence-corrected chi connectivity index (χ2v) is 7.49. The predicted molar refractivity (Wildman–Crippen MR) is 105 cm³/mol. The van der Waals surface area contributed by atoms with Gasteiger partial charge in [0.25, 0.3) is 0 Å². The van der Waals surface area contributed by atoms with Crippen LogP contribution in [0.1, 0.15) is 35.1 Å². The molecule has 7 heteroatoms. The van der Waals surface area contributed by atoms with Gasteiger partial charge in [-0.2, -0.15) is 0 Å². The standard InChI is InChI=1S/C22H22N2O5/c1-29-22(26)18-17(15-9-3-2-4-10-15)20(24(27)28)19-16-12-6-5-8-14(16)11-7-13-23(19)21(18)25/h2-6,8-10,12,17-20H,7,11,13H2,1H3/t17-,18-,19-,20+/m1/s1. The number of rotatable bonds is 3. The average molecular weight is 394 g/mol. The van der Waals surface area contributed by atoms with E-state index in [0.717, 1.165) is 17.5 Å². The molecule has 1 amide bonds. The van der Waals surface area contributed by atoms with E-state index in [9.17, 15) is 19.7 Å². The summed E-state index contributed by atoms with van der Waals surface area (Å²) in [5.41, 5.74) is 2.41. The highest BCUT2D eigenvalue weighted by Gasteiger charge is 2.59. The van der Waals surface area contributed by atoms with Crippen LogP contribution in [0.2, 0.25) is 0 Å². The molecule has 0 aromatic heterocycles. The van der Waals surface area contributed by atoms with Crippen molar-refractivity contribution in [3.8, 4) is 0 Å². The minimum atomic E-state index is -1.24. The van der Waals surface area contributed by atoms with Gasteiger partial charge in [0.15, 0.2) is 0 Å². The summed E-state index contributed by atoms with van der Waals surface area (Å²) in [5, 5.41) is 12.4. The molecule has 2 heterocycles. The Labute approximate surface area is 168 Å². The molecule has 0 N–H and O–H groups in total. The second kappa shape index (κ2) is 7.66. The van der Waals surface area contributed by atoms with Crippen molar-refractivity contribution in [1.82, 2.24) is 4.90 Å². The summed E-state index contributed by atoms with van der Waals surface area (Å²) in [6.45, 7) is 0.373. The van der Waals surface area contributed by atoms with Gasteiger partial charge in [-0.15, -0.1) is 0 Å². The smallest absolute Gasteiger partial charge is 0.319 e. The van der Waals surface area contributed by atoms with Crippen LogP contribution < -0.4 is 0 Å². The first-order chi connectivity index (χ1) is 14.0. The summed E-state index contributed by atoms with van der Waals surface area (Å²) < 4.78 is 4.91. The zero-order valence-electron chi connectivity index (χ0n) is 16.1. The van der Waals surface area contributed by atoms with Gasteiger partial charge in [0.1, 0.15) is 12.0 Å². The third-order valence-corrected chi connectivity index (χ3v) is 6.04. The fraction of sp³-hybridized carbons (Fsp3) is 0.364. The van der Waals surface area contributed by atoms with Gasteiger partial charge in [0.2, 0.25) is 11.9 Å². The number of nitro groups is 1. The van der Waals surface area contributed by atoms with Crippen LogP contribution in [0.5, 0.6) is 0 Å².